The van der Waals surface area contributed by atoms with E-state index in [-0.39, 0.29) is 41.1 Å². The molecule has 0 amide bonds. The van der Waals surface area contributed by atoms with Crippen LogP contribution in [0.2, 0.25) is 0 Å². The maximum absolute atomic E-state index is 10.8. The molecule has 1 aliphatic rings. The molecule has 0 bridgehead atoms. The Morgan fingerprint density at radius 3 is 2.29 bits per heavy atom. The molecular formula is C6H14N4NaO3+. The number of hydrogen-bond acceptors (Lipinski definition) is 4. The minimum atomic E-state index is 0. The Bertz CT molecular complexity index is 184. The Labute approximate surface area is 104 Å². The van der Waals surface area contributed by atoms with Gasteiger partial charge >= 0.3 is 29.6 Å². The summed E-state index contributed by atoms with van der Waals surface area (Å²) in [5.41, 5.74) is 0. The second kappa shape index (κ2) is 7.24. The van der Waals surface area contributed by atoms with Crippen molar-refractivity contribution in [1.82, 2.24) is 9.91 Å². The summed E-state index contributed by atoms with van der Waals surface area (Å²) in [7, 11) is 0. The van der Waals surface area contributed by atoms with E-state index in [4.69, 9.17) is 10.3 Å². The Balaban J connectivity index is 0.00000169. The van der Waals surface area contributed by atoms with Gasteiger partial charge in [0.05, 0.1) is 24.7 Å². The normalized spacial score (nSPS) is 19.2. The van der Waals surface area contributed by atoms with Crippen LogP contribution < -0.4 is 29.6 Å². The first-order valence-corrected chi connectivity index (χ1v) is 4.18. The van der Waals surface area contributed by atoms with E-state index >= 15 is 0 Å². The summed E-state index contributed by atoms with van der Waals surface area (Å²) in [4.78, 5) is 2.23. The van der Waals surface area contributed by atoms with E-state index in [9.17, 15) is 5.21 Å². The van der Waals surface area contributed by atoms with Gasteiger partial charge < -0.3 is 15.5 Å². The van der Waals surface area contributed by atoms with E-state index in [1.54, 1.807) is 0 Å². The summed E-state index contributed by atoms with van der Waals surface area (Å²) < 4.78 is 0. The Morgan fingerprint density at radius 2 is 1.86 bits per heavy atom. The standard InChI is InChI=1S/C6H14N4O3.Na/c11-6-5-8-1-3-9(4-2-8)10(13)7-12;/h11-12H,1-6H2;/q;+1. The third kappa shape index (κ3) is 3.97. The molecule has 0 aliphatic carbocycles. The van der Waals surface area contributed by atoms with Crippen LogP contribution in [0.25, 0.3) is 0 Å². The molecule has 0 aromatic heterocycles. The number of aliphatic hydroxyl groups is 1. The number of β-amino-alcohol motifs (C(OH)–C–C–N with tert-alkyl or cyclic N) is 1. The maximum atomic E-state index is 10.8. The average Bonchev–Trinajstić information content (AvgIpc) is 2.18. The second-order valence-corrected chi connectivity index (χ2v) is 2.86. The summed E-state index contributed by atoms with van der Waals surface area (Å²) in [6.07, 6.45) is 0. The summed E-state index contributed by atoms with van der Waals surface area (Å²) in [6.45, 7) is 3.21. The Kier molecular flexibility index (Phi) is 7.20. The predicted octanol–water partition coefficient (Wildman–Crippen LogP) is -4.13. The fourth-order valence-corrected chi connectivity index (χ4v) is 1.33. The smallest absolute Gasteiger partial charge is 0.569 e. The molecule has 0 spiro atoms. The monoisotopic (exact) mass is 213 g/mol. The molecule has 2 N–H and O–H groups in total. The molecule has 1 saturated heterocycles. The third-order valence-electron chi connectivity index (χ3n) is 2.08. The van der Waals surface area contributed by atoms with Crippen molar-refractivity contribution in [2.75, 3.05) is 39.3 Å². The Hall–Kier alpha value is -0.0800. The molecule has 0 aromatic carbocycles. The van der Waals surface area contributed by atoms with Gasteiger partial charge in [-0.3, -0.25) is 4.90 Å². The number of rotatable bonds is 3. The fraction of sp³-hybridized carbons (Fsp3) is 1.00. The van der Waals surface area contributed by atoms with Gasteiger partial charge in [0.15, 0.2) is 0 Å². The van der Waals surface area contributed by atoms with E-state index in [1.807, 2.05) is 4.90 Å². The predicted molar refractivity (Wildman–Crippen MR) is 42.9 cm³/mol. The zero-order valence-corrected chi connectivity index (χ0v) is 10.3. The molecule has 0 atom stereocenters. The van der Waals surface area contributed by atoms with Crippen LogP contribution in [0, 0.1) is 5.21 Å². The molecule has 1 heterocycles. The first-order valence-electron chi connectivity index (χ1n) is 4.18. The molecule has 1 fully saturated rings. The minimum absolute atomic E-state index is 0. The largest absolute Gasteiger partial charge is 1.00 e. The van der Waals surface area contributed by atoms with Crippen molar-refractivity contribution in [1.29, 1.82) is 0 Å². The number of aliphatic hydroxyl groups excluding tert-OH is 1. The number of nitrogens with zero attached hydrogens (tertiary/aromatic N) is 4. The molecular weight excluding hydrogens is 199 g/mol. The van der Waals surface area contributed by atoms with E-state index in [1.165, 1.54) is 5.01 Å². The third-order valence-corrected chi connectivity index (χ3v) is 2.08. The molecule has 76 valence electrons. The summed E-state index contributed by atoms with van der Waals surface area (Å²) >= 11 is 0. The molecule has 0 saturated carbocycles. The van der Waals surface area contributed by atoms with Gasteiger partial charge in [-0.15, -0.1) is 5.01 Å². The molecule has 0 aromatic rings. The van der Waals surface area contributed by atoms with Crippen LogP contribution in [0.5, 0.6) is 0 Å². The van der Waals surface area contributed by atoms with Crippen molar-refractivity contribution in [2.24, 2.45) is 5.28 Å². The van der Waals surface area contributed by atoms with Crippen LogP contribution in [0.1, 0.15) is 0 Å². The van der Waals surface area contributed by atoms with E-state index in [2.05, 4.69) is 5.28 Å². The van der Waals surface area contributed by atoms with Gasteiger partial charge in [-0.2, -0.15) is 0 Å². The van der Waals surface area contributed by atoms with Crippen molar-refractivity contribution in [3.8, 4) is 0 Å². The van der Waals surface area contributed by atoms with E-state index < -0.39 is 0 Å². The number of hydrazine groups is 1. The first kappa shape index (κ1) is 13.9. The van der Waals surface area contributed by atoms with E-state index in [0.29, 0.717) is 32.7 Å². The first-order chi connectivity index (χ1) is 6.27. The summed E-state index contributed by atoms with van der Waals surface area (Å²) in [5.74, 6) is 0. The van der Waals surface area contributed by atoms with Crippen molar-refractivity contribution in [3.05, 3.63) is 5.21 Å². The molecule has 7 nitrogen and oxygen atoms in total. The van der Waals surface area contributed by atoms with Gasteiger partial charge in [-0.1, -0.05) is 0 Å². The minimum Gasteiger partial charge on any atom is -0.569 e. The zero-order chi connectivity index (χ0) is 9.68. The van der Waals surface area contributed by atoms with Crippen LogP contribution in [-0.2, 0) is 0 Å². The van der Waals surface area contributed by atoms with Crippen LogP contribution in [0.4, 0.5) is 0 Å². The van der Waals surface area contributed by atoms with Gasteiger partial charge in [0.25, 0.3) is 0 Å². The van der Waals surface area contributed by atoms with Crippen molar-refractivity contribution in [2.45, 2.75) is 0 Å². The molecule has 8 heteroatoms. The van der Waals surface area contributed by atoms with Crippen molar-refractivity contribution < 1.29 is 44.8 Å². The topological polar surface area (TPSA) is 85.4 Å². The van der Waals surface area contributed by atoms with Crippen LogP contribution >= 0.6 is 0 Å². The average molecular weight is 213 g/mol. The van der Waals surface area contributed by atoms with Gasteiger partial charge in [0.1, 0.15) is 0 Å². The van der Waals surface area contributed by atoms with Gasteiger partial charge in [0, 0.05) is 19.6 Å². The second-order valence-electron chi connectivity index (χ2n) is 2.86. The van der Waals surface area contributed by atoms with Crippen LogP contribution in [0.3, 0.4) is 0 Å². The summed E-state index contributed by atoms with van der Waals surface area (Å²) in [6, 6.07) is 0. The number of piperazine rings is 1. The SMILES string of the molecule is [Na+].[O-][N+](=NO)N1CCN(CCO)CC1. The Morgan fingerprint density at radius 1 is 1.29 bits per heavy atom. The van der Waals surface area contributed by atoms with Gasteiger partial charge in [-0.25, -0.2) is 0 Å². The van der Waals surface area contributed by atoms with Crippen molar-refractivity contribution in [3.63, 3.8) is 0 Å². The quantitative estimate of drug-likeness (QED) is 0.215. The summed E-state index contributed by atoms with van der Waals surface area (Å²) in [5, 5.41) is 31.6. The van der Waals surface area contributed by atoms with Gasteiger partial charge in [0.2, 0.25) is 5.28 Å². The molecule has 0 unspecified atom stereocenters. The maximum Gasteiger partial charge on any atom is 1.00 e. The molecule has 14 heavy (non-hydrogen) atoms. The van der Waals surface area contributed by atoms with Gasteiger partial charge in [-0.05, 0) is 0 Å². The molecule has 1 rings (SSSR count). The number of hydrogen-bond donors (Lipinski definition) is 2. The van der Waals surface area contributed by atoms with Crippen LogP contribution in [0.15, 0.2) is 5.28 Å². The zero-order valence-electron chi connectivity index (χ0n) is 8.33. The van der Waals surface area contributed by atoms with Crippen LogP contribution in [-0.4, -0.2) is 64.5 Å². The molecule has 1 aliphatic heterocycles. The fourth-order valence-electron chi connectivity index (χ4n) is 1.33. The molecule has 0 radical (unpaired) electrons. The van der Waals surface area contributed by atoms with E-state index in [0.717, 1.165) is 0 Å². The van der Waals surface area contributed by atoms with Crippen molar-refractivity contribution >= 4 is 0 Å².